The van der Waals surface area contributed by atoms with Crippen molar-refractivity contribution in [2.45, 2.75) is 25.3 Å². The van der Waals surface area contributed by atoms with Crippen LogP contribution in [0.1, 0.15) is 18.4 Å². The molecule has 0 spiro atoms. The van der Waals surface area contributed by atoms with E-state index in [2.05, 4.69) is 45.8 Å². The van der Waals surface area contributed by atoms with Crippen molar-refractivity contribution in [3.8, 4) is 0 Å². The van der Waals surface area contributed by atoms with Crippen molar-refractivity contribution >= 4 is 34.7 Å². The summed E-state index contributed by atoms with van der Waals surface area (Å²) in [4.78, 5) is 0. The molecule has 0 aromatic heterocycles. The molecule has 1 saturated carbocycles. The van der Waals surface area contributed by atoms with Crippen molar-refractivity contribution < 1.29 is 0 Å². The van der Waals surface area contributed by atoms with Crippen molar-refractivity contribution in [3.63, 3.8) is 0 Å². The maximum atomic E-state index is 5.32. The van der Waals surface area contributed by atoms with E-state index in [4.69, 9.17) is 24.4 Å². The molecule has 1 aromatic rings. The average molecular weight is 347 g/mol. The fourth-order valence-electron chi connectivity index (χ4n) is 3.27. The lowest BCUT2D eigenvalue weighted by Crippen LogP contribution is -2.53. The lowest BCUT2D eigenvalue weighted by atomic mass is 10.0. The number of thiocarbonyl (C=S) groups is 2. The van der Waals surface area contributed by atoms with Crippen LogP contribution in [0.4, 0.5) is 0 Å². The molecule has 0 heterocycles. The smallest absolute Gasteiger partial charge is 0.185 e. The van der Waals surface area contributed by atoms with Gasteiger partial charge in [0, 0.05) is 12.6 Å². The third kappa shape index (κ3) is 4.65. The summed E-state index contributed by atoms with van der Waals surface area (Å²) in [5.74, 6) is 1.35. The fraction of sp³-hybridized carbons (Fsp3) is 0.412. The van der Waals surface area contributed by atoms with Gasteiger partial charge in [-0.05, 0) is 61.1 Å². The summed E-state index contributed by atoms with van der Waals surface area (Å²) in [6.45, 7) is 0.787. The number of hydrogen-bond donors (Lipinski definition) is 4. The Hall–Kier alpha value is -1.66. The molecule has 0 aliphatic heterocycles. The molecule has 1 aromatic carbocycles. The normalized spacial score (nSPS) is 24.3. The minimum Gasteiger partial charge on any atom is -0.361 e. The van der Waals surface area contributed by atoms with Gasteiger partial charge in [-0.15, -0.1) is 0 Å². The van der Waals surface area contributed by atoms with E-state index in [0.717, 1.165) is 18.9 Å². The van der Waals surface area contributed by atoms with Gasteiger partial charge in [-0.25, -0.2) is 0 Å². The van der Waals surface area contributed by atoms with E-state index in [-0.39, 0.29) is 0 Å². The first-order valence-corrected chi connectivity index (χ1v) is 8.85. The van der Waals surface area contributed by atoms with Crippen LogP contribution in [-0.2, 0) is 6.42 Å². The van der Waals surface area contributed by atoms with Crippen LogP contribution in [0.3, 0.4) is 0 Å². The highest BCUT2D eigenvalue weighted by Gasteiger charge is 2.35. The molecule has 1 fully saturated rings. The average Bonchev–Trinajstić information content (AvgIpc) is 3.17. The number of nitrogens with one attached hydrogen (secondary N) is 4. The van der Waals surface area contributed by atoms with Gasteiger partial charge in [0.15, 0.2) is 10.2 Å². The number of hydrazine groups is 1. The third-order valence-electron chi connectivity index (χ3n) is 4.43. The molecule has 0 saturated heterocycles. The highest BCUT2D eigenvalue weighted by molar-refractivity contribution is 7.80. The van der Waals surface area contributed by atoms with Gasteiger partial charge in [0.25, 0.3) is 0 Å². The summed E-state index contributed by atoms with van der Waals surface area (Å²) < 4.78 is 0. The van der Waals surface area contributed by atoms with E-state index in [1.807, 2.05) is 18.2 Å². The van der Waals surface area contributed by atoms with E-state index in [0.29, 0.717) is 22.2 Å². The SMILES string of the molecule is S=C(NCCc1ccccc1)NNC(=S)N[C@H]1C[C@H]2C=C[C@H]1C2. The zero-order chi connectivity index (χ0) is 16.1. The van der Waals surface area contributed by atoms with Crippen LogP contribution in [0.25, 0.3) is 0 Å². The Bertz CT molecular complexity index is 588. The molecule has 2 bridgehead atoms. The second-order valence-electron chi connectivity index (χ2n) is 6.10. The number of hydrogen-bond acceptors (Lipinski definition) is 2. The first-order valence-electron chi connectivity index (χ1n) is 8.03. The van der Waals surface area contributed by atoms with Crippen LogP contribution in [0.5, 0.6) is 0 Å². The first-order chi connectivity index (χ1) is 11.2. The van der Waals surface area contributed by atoms with E-state index >= 15 is 0 Å². The van der Waals surface area contributed by atoms with Crippen molar-refractivity contribution in [1.82, 2.24) is 21.5 Å². The number of rotatable bonds is 4. The van der Waals surface area contributed by atoms with Crippen molar-refractivity contribution in [1.29, 1.82) is 0 Å². The van der Waals surface area contributed by atoms with Crippen LogP contribution in [0.2, 0.25) is 0 Å². The Labute approximate surface area is 148 Å². The van der Waals surface area contributed by atoms with Gasteiger partial charge in [-0.2, -0.15) is 0 Å². The highest BCUT2D eigenvalue weighted by Crippen LogP contribution is 2.38. The summed E-state index contributed by atoms with van der Waals surface area (Å²) in [5, 5.41) is 7.69. The maximum Gasteiger partial charge on any atom is 0.185 e. The first kappa shape index (κ1) is 16.2. The Balaban J connectivity index is 1.29. The molecule has 6 heteroatoms. The molecule has 4 N–H and O–H groups in total. The summed E-state index contributed by atoms with van der Waals surface area (Å²) >= 11 is 10.6. The zero-order valence-corrected chi connectivity index (χ0v) is 14.6. The molecule has 4 nitrogen and oxygen atoms in total. The molecule has 0 amide bonds. The van der Waals surface area contributed by atoms with E-state index in [9.17, 15) is 0 Å². The minimum atomic E-state index is 0.450. The molecule has 2 aliphatic rings. The molecule has 122 valence electrons. The summed E-state index contributed by atoms with van der Waals surface area (Å²) in [5.41, 5.74) is 7.18. The Morgan fingerprint density at radius 2 is 1.78 bits per heavy atom. The van der Waals surface area contributed by atoms with E-state index < -0.39 is 0 Å². The Morgan fingerprint density at radius 3 is 2.48 bits per heavy atom. The molecule has 23 heavy (non-hydrogen) atoms. The van der Waals surface area contributed by atoms with Gasteiger partial charge in [0.05, 0.1) is 0 Å². The topological polar surface area (TPSA) is 48.1 Å². The second kappa shape index (κ2) is 7.75. The fourth-order valence-corrected chi connectivity index (χ4v) is 3.63. The monoisotopic (exact) mass is 346 g/mol. The van der Waals surface area contributed by atoms with E-state index in [1.54, 1.807) is 0 Å². The Morgan fingerprint density at radius 1 is 1.00 bits per heavy atom. The molecule has 0 radical (unpaired) electrons. The van der Waals surface area contributed by atoms with Crippen LogP contribution >= 0.6 is 24.4 Å². The van der Waals surface area contributed by atoms with Crippen molar-refractivity contribution in [3.05, 3.63) is 48.0 Å². The predicted molar refractivity (Wildman–Crippen MR) is 102 cm³/mol. The van der Waals surface area contributed by atoms with Crippen molar-refractivity contribution in [2.24, 2.45) is 11.8 Å². The lowest BCUT2D eigenvalue weighted by molar-refractivity contribution is 0.518. The third-order valence-corrected chi connectivity index (χ3v) is 4.89. The largest absolute Gasteiger partial charge is 0.361 e. The molecule has 2 aliphatic carbocycles. The summed E-state index contributed by atoms with van der Waals surface area (Å²) in [6, 6.07) is 10.8. The summed E-state index contributed by atoms with van der Waals surface area (Å²) in [6.07, 6.45) is 7.99. The van der Waals surface area contributed by atoms with Crippen LogP contribution < -0.4 is 21.5 Å². The molecular formula is C17H22N4S2. The van der Waals surface area contributed by atoms with Crippen LogP contribution in [-0.4, -0.2) is 22.8 Å². The Kier molecular flexibility index (Phi) is 5.46. The number of allylic oxidation sites excluding steroid dienone is 1. The van der Waals surface area contributed by atoms with Gasteiger partial charge in [0.2, 0.25) is 0 Å². The highest BCUT2D eigenvalue weighted by atomic mass is 32.1. The number of fused-ring (bicyclic) bond motifs is 2. The number of benzene rings is 1. The zero-order valence-electron chi connectivity index (χ0n) is 12.9. The minimum absolute atomic E-state index is 0.450. The standard InChI is InChI=1S/C17H22N4S2/c22-16(18-9-8-12-4-2-1-3-5-12)20-21-17(23)19-15-11-13-6-7-14(15)10-13/h1-7,13-15H,8-11H2,(H2,18,20,22)(H2,19,21,23)/t13-,14-,15-/m0/s1. The lowest BCUT2D eigenvalue weighted by Gasteiger charge is -2.22. The van der Waals surface area contributed by atoms with Gasteiger partial charge in [-0.1, -0.05) is 42.5 Å². The molecular weight excluding hydrogens is 324 g/mol. The van der Waals surface area contributed by atoms with Gasteiger partial charge < -0.3 is 10.6 Å². The maximum absolute atomic E-state index is 5.32. The predicted octanol–water partition coefficient (Wildman–Crippen LogP) is 2.04. The second-order valence-corrected chi connectivity index (χ2v) is 6.92. The van der Waals surface area contributed by atoms with Gasteiger partial charge in [-0.3, -0.25) is 10.9 Å². The van der Waals surface area contributed by atoms with Gasteiger partial charge >= 0.3 is 0 Å². The van der Waals surface area contributed by atoms with Gasteiger partial charge in [0.1, 0.15) is 0 Å². The van der Waals surface area contributed by atoms with Crippen LogP contribution in [0.15, 0.2) is 42.5 Å². The molecule has 3 atom stereocenters. The summed E-state index contributed by atoms with van der Waals surface area (Å²) in [7, 11) is 0. The molecule has 0 unspecified atom stereocenters. The molecule has 3 rings (SSSR count). The van der Waals surface area contributed by atoms with E-state index in [1.165, 1.54) is 18.4 Å². The van der Waals surface area contributed by atoms with Crippen molar-refractivity contribution in [2.75, 3.05) is 6.54 Å². The quantitative estimate of drug-likeness (QED) is 0.380. The van der Waals surface area contributed by atoms with Crippen LogP contribution in [0, 0.1) is 11.8 Å².